The molecule has 4 nitrogen and oxygen atoms in total. The smallest absolute Gasteiger partial charge is 0.312 e. The van der Waals surface area contributed by atoms with Crippen molar-refractivity contribution in [3.8, 4) is 0 Å². The van der Waals surface area contributed by atoms with Crippen molar-refractivity contribution < 1.29 is 29.1 Å². The van der Waals surface area contributed by atoms with Crippen molar-refractivity contribution in [3.05, 3.63) is 23.3 Å². The van der Waals surface area contributed by atoms with Gasteiger partial charge in [-0.1, -0.05) is 19.4 Å². The van der Waals surface area contributed by atoms with Crippen molar-refractivity contribution in [1.82, 2.24) is 5.06 Å². The van der Waals surface area contributed by atoms with Gasteiger partial charge >= 0.3 is 10.2 Å². The Morgan fingerprint density at radius 1 is 1.25 bits per heavy atom. The van der Waals surface area contributed by atoms with Crippen LogP contribution >= 0.6 is 10.2 Å². The van der Waals surface area contributed by atoms with Gasteiger partial charge in [-0.05, 0) is 24.6 Å². The van der Waals surface area contributed by atoms with E-state index in [0.29, 0.717) is 6.07 Å². The van der Waals surface area contributed by atoms with Gasteiger partial charge in [0.05, 0.1) is 12.8 Å². The van der Waals surface area contributed by atoms with E-state index in [9.17, 15) is 24.2 Å². The summed E-state index contributed by atoms with van der Waals surface area (Å²) in [5.41, 5.74) is 3.30. The summed E-state index contributed by atoms with van der Waals surface area (Å²) in [5.74, 6) is -0.801. The molecule has 10 heteroatoms. The molecule has 0 unspecified atom stereocenters. The number of amides is 1. The largest absolute Gasteiger partial charge is 0.398 e. The molecular weight excluding hydrogens is 307 g/mol. The second-order valence-corrected chi connectivity index (χ2v) is 6.54. The van der Waals surface area contributed by atoms with Crippen LogP contribution in [-0.2, 0) is 4.84 Å². The average Bonchev–Trinajstić information content (AvgIpc) is 2.26. The van der Waals surface area contributed by atoms with Gasteiger partial charge in [0.15, 0.2) is 0 Å². The molecule has 0 bridgehead atoms. The highest BCUT2D eigenvalue weighted by Gasteiger charge is 2.66. The van der Waals surface area contributed by atoms with Crippen molar-refractivity contribution in [2.45, 2.75) is 11.8 Å². The van der Waals surface area contributed by atoms with Crippen LogP contribution in [0.15, 0.2) is 17.0 Å². The van der Waals surface area contributed by atoms with Gasteiger partial charge in [0.2, 0.25) is 0 Å². The number of carbonyl (C=O) groups is 1. The molecule has 0 aliphatic heterocycles. The quantitative estimate of drug-likeness (QED) is 0.522. The summed E-state index contributed by atoms with van der Waals surface area (Å²) < 4.78 is 63.7. The SMILES string of the molecule is CON(C)C(=O)c1cc(N)c(S(F)(F)(F)(F)F)cc1C. The van der Waals surface area contributed by atoms with Gasteiger partial charge in [-0.15, -0.1) is 0 Å². The van der Waals surface area contributed by atoms with Crippen molar-refractivity contribution in [2.75, 3.05) is 19.9 Å². The van der Waals surface area contributed by atoms with E-state index < -0.39 is 26.7 Å². The molecular formula is C10H13F5N2O2S. The maximum Gasteiger partial charge on any atom is 0.312 e. The highest BCUT2D eigenvalue weighted by Crippen LogP contribution is 3.02. The van der Waals surface area contributed by atoms with Crippen LogP contribution in [-0.4, -0.2) is 25.1 Å². The molecule has 0 aromatic heterocycles. The molecule has 0 radical (unpaired) electrons. The van der Waals surface area contributed by atoms with E-state index in [-0.39, 0.29) is 17.2 Å². The van der Waals surface area contributed by atoms with E-state index in [1.54, 1.807) is 0 Å². The first-order chi connectivity index (χ1) is 8.67. The Labute approximate surface area is 112 Å². The number of nitrogens with zero attached hydrogens (tertiary/aromatic N) is 1. The zero-order valence-corrected chi connectivity index (χ0v) is 11.6. The minimum Gasteiger partial charge on any atom is -0.398 e. The Morgan fingerprint density at radius 3 is 2.15 bits per heavy atom. The van der Waals surface area contributed by atoms with Gasteiger partial charge in [-0.25, -0.2) is 5.06 Å². The van der Waals surface area contributed by atoms with E-state index in [1.165, 1.54) is 14.2 Å². The summed E-state index contributed by atoms with van der Waals surface area (Å²) in [4.78, 5) is 14.1. The third-order valence-electron chi connectivity index (χ3n) is 2.56. The second-order valence-electron chi connectivity index (χ2n) is 4.16. The first kappa shape index (κ1) is 16.5. The third kappa shape index (κ3) is 3.31. The Hall–Kier alpha value is -1.55. The van der Waals surface area contributed by atoms with Gasteiger partial charge in [0, 0.05) is 12.6 Å². The fourth-order valence-electron chi connectivity index (χ4n) is 1.52. The molecule has 1 aromatic carbocycles. The second kappa shape index (κ2) is 3.98. The third-order valence-corrected chi connectivity index (χ3v) is 3.75. The molecule has 0 saturated heterocycles. The lowest BCUT2D eigenvalue weighted by atomic mass is 10.1. The summed E-state index contributed by atoms with van der Waals surface area (Å²) in [5, 5.41) is 0.737. The van der Waals surface area contributed by atoms with Gasteiger partial charge in [0.1, 0.15) is 4.90 Å². The van der Waals surface area contributed by atoms with Crippen molar-refractivity contribution in [1.29, 1.82) is 0 Å². The molecule has 0 atom stereocenters. The Kier molecular flexibility index (Phi) is 3.28. The lowest BCUT2D eigenvalue weighted by Gasteiger charge is -2.41. The molecule has 0 fully saturated rings. The number of rotatable bonds is 3. The van der Waals surface area contributed by atoms with E-state index in [1.807, 2.05) is 0 Å². The topological polar surface area (TPSA) is 55.6 Å². The van der Waals surface area contributed by atoms with Crippen LogP contribution in [0.4, 0.5) is 25.1 Å². The number of hydrogen-bond donors (Lipinski definition) is 1. The average molecular weight is 320 g/mol. The van der Waals surface area contributed by atoms with Crippen LogP contribution in [0.5, 0.6) is 0 Å². The molecule has 116 valence electrons. The van der Waals surface area contributed by atoms with Crippen molar-refractivity contribution >= 4 is 21.8 Å². The van der Waals surface area contributed by atoms with E-state index in [4.69, 9.17) is 5.73 Å². The molecule has 0 spiro atoms. The number of carbonyl (C=O) groups excluding carboxylic acids is 1. The molecule has 0 saturated carbocycles. The molecule has 1 amide bonds. The predicted molar refractivity (Wildman–Crippen MR) is 66.1 cm³/mol. The highest BCUT2D eigenvalue weighted by atomic mass is 32.5. The van der Waals surface area contributed by atoms with E-state index in [2.05, 4.69) is 4.84 Å². The van der Waals surface area contributed by atoms with Crippen molar-refractivity contribution in [3.63, 3.8) is 0 Å². The lowest BCUT2D eigenvalue weighted by molar-refractivity contribution is -0.0757. The molecule has 0 heterocycles. The van der Waals surface area contributed by atoms with Crippen LogP contribution in [0.3, 0.4) is 0 Å². The minimum absolute atomic E-state index is 0.174. The number of benzene rings is 1. The van der Waals surface area contributed by atoms with Crippen LogP contribution in [0, 0.1) is 6.92 Å². The summed E-state index contributed by atoms with van der Waals surface area (Å²) in [7, 11) is -7.51. The predicted octanol–water partition coefficient (Wildman–Crippen LogP) is 3.87. The number of nitrogen functional groups attached to an aromatic ring is 1. The fourth-order valence-corrected chi connectivity index (χ4v) is 2.42. The summed E-state index contributed by atoms with van der Waals surface area (Å²) in [6, 6.07) is 0.744. The number of hydrogen-bond acceptors (Lipinski definition) is 3. The van der Waals surface area contributed by atoms with E-state index in [0.717, 1.165) is 12.0 Å². The zero-order valence-electron chi connectivity index (χ0n) is 10.8. The molecule has 0 aliphatic rings. The van der Waals surface area contributed by atoms with Crippen LogP contribution in [0.2, 0.25) is 0 Å². The minimum atomic E-state index is -9.89. The molecule has 0 aliphatic carbocycles. The number of anilines is 1. The summed E-state index contributed by atoms with van der Waals surface area (Å²) >= 11 is 0. The van der Waals surface area contributed by atoms with E-state index >= 15 is 0 Å². The molecule has 1 rings (SSSR count). The molecule has 1 aromatic rings. The Morgan fingerprint density at radius 2 is 1.75 bits per heavy atom. The maximum absolute atomic E-state index is 12.7. The zero-order chi connectivity index (χ0) is 16.0. The summed E-state index contributed by atoms with van der Waals surface area (Å²) in [6.45, 7) is 1.10. The van der Waals surface area contributed by atoms with Crippen molar-refractivity contribution in [2.24, 2.45) is 0 Å². The highest BCUT2D eigenvalue weighted by molar-refractivity contribution is 8.45. The van der Waals surface area contributed by atoms with Gasteiger partial charge in [-0.2, -0.15) is 0 Å². The van der Waals surface area contributed by atoms with Gasteiger partial charge in [-0.3, -0.25) is 9.63 Å². The first-order valence-corrected chi connectivity index (χ1v) is 7.09. The molecule has 2 N–H and O–H groups in total. The number of nitrogens with two attached hydrogens (primary N) is 1. The Bertz CT molecular complexity index is 573. The normalized spacial score (nSPS) is 15.4. The van der Waals surface area contributed by atoms with Crippen LogP contribution in [0.1, 0.15) is 15.9 Å². The van der Waals surface area contributed by atoms with Gasteiger partial charge in [0.25, 0.3) is 5.91 Å². The maximum atomic E-state index is 12.7. The van der Waals surface area contributed by atoms with Crippen LogP contribution < -0.4 is 5.73 Å². The Balaban J connectivity index is 3.50. The number of aryl methyl sites for hydroxylation is 1. The monoisotopic (exact) mass is 320 g/mol. The number of halogens is 5. The molecule has 20 heavy (non-hydrogen) atoms. The lowest BCUT2D eigenvalue weighted by Crippen LogP contribution is -2.26. The standard InChI is InChI=1S/C10H13F5N2O2S/c1-6-4-9(20(11,12,13,14)15)8(16)5-7(6)10(18)17(2)19-3/h4-5H,16H2,1-3H3. The summed E-state index contributed by atoms with van der Waals surface area (Å²) in [6.07, 6.45) is 0. The number of hydroxylamine groups is 2. The fraction of sp³-hybridized carbons (Fsp3) is 0.300. The van der Waals surface area contributed by atoms with Crippen LogP contribution in [0.25, 0.3) is 0 Å². The van der Waals surface area contributed by atoms with Gasteiger partial charge < -0.3 is 5.73 Å². The first-order valence-electron chi connectivity index (χ1n) is 5.13.